The number of anilines is 1. The van der Waals surface area contributed by atoms with Crippen molar-refractivity contribution in [3.63, 3.8) is 0 Å². The van der Waals surface area contributed by atoms with Gasteiger partial charge in [-0.3, -0.25) is 4.79 Å². The molecule has 3 aromatic rings. The van der Waals surface area contributed by atoms with Crippen LogP contribution in [0.3, 0.4) is 0 Å². The van der Waals surface area contributed by atoms with E-state index in [0.717, 1.165) is 11.3 Å². The maximum atomic E-state index is 13.0. The molecule has 1 aromatic heterocycles. The fraction of sp³-hybridized carbons (Fsp3) is 0.250. The molecule has 0 unspecified atom stereocenters. The number of aryl methyl sites for hydroxylation is 1. The number of thioether (sulfide) groups is 1. The number of carbonyl (C=O) groups is 1. The molecule has 1 heterocycles. The maximum Gasteiger partial charge on any atom is 0.234 e. The third-order valence-corrected chi connectivity index (χ3v) is 4.89. The number of halogens is 1. The predicted octanol–water partition coefficient (Wildman–Crippen LogP) is 4.06. The van der Waals surface area contributed by atoms with E-state index in [-0.39, 0.29) is 24.1 Å². The molecule has 0 radical (unpaired) electrons. The molecule has 0 atom stereocenters. The molecule has 0 aliphatic carbocycles. The van der Waals surface area contributed by atoms with E-state index < -0.39 is 0 Å². The molecule has 0 spiro atoms. The Morgan fingerprint density at radius 3 is 2.71 bits per heavy atom. The summed E-state index contributed by atoms with van der Waals surface area (Å²) >= 11 is 1.32. The number of hydrogen-bond donors (Lipinski definition) is 1. The van der Waals surface area contributed by atoms with Gasteiger partial charge in [-0.2, -0.15) is 0 Å². The van der Waals surface area contributed by atoms with E-state index in [0.29, 0.717) is 23.3 Å². The number of nitrogens with zero attached hydrogens (tertiary/aromatic N) is 3. The molecule has 0 fully saturated rings. The lowest BCUT2D eigenvalue weighted by atomic mass is 10.2. The van der Waals surface area contributed by atoms with Gasteiger partial charge >= 0.3 is 0 Å². The van der Waals surface area contributed by atoms with Crippen molar-refractivity contribution in [3.05, 3.63) is 65.7 Å². The first-order chi connectivity index (χ1) is 13.5. The summed E-state index contributed by atoms with van der Waals surface area (Å²) in [7, 11) is 0. The van der Waals surface area contributed by atoms with E-state index in [4.69, 9.17) is 4.74 Å². The number of hydrogen-bond acceptors (Lipinski definition) is 5. The van der Waals surface area contributed by atoms with E-state index in [9.17, 15) is 9.18 Å². The van der Waals surface area contributed by atoms with Gasteiger partial charge in [0.2, 0.25) is 5.91 Å². The van der Waals surface area contributed by atoms with Crippen LogP contribution < -0.4 is 10.1 Å². The summed E-state index contributed by atoms with van der Waals surface area (Å²) in [6.07, 6.45) is 0. The molecule has 3 rings (SSSR count). The van der Waals surface area contributed by atoms with Crippen molar-refractivity contribution >= 4 is 23.4 Å². The largest absolute Gasteiger partial charge is 0.486 e. The summed E-state index contributed by atoms with van der Waals surface area (Å²) in [5.74, 6) is 1.01. The minimum atomic E-state index is -0.313. The predicted molar refractivity (Wildman–Crippen MR) is 107 cm³/mol. The van der Waals surface area contributed by atoms with Crippen molar-refractivity contribution in [2.45, 2.75) is 32.2 Å². The van der Waals surface area contributed by atoms with E-state index >= 15 is 0 Å². The first-order valence-electron chi connectivity index (χ1n) is 8.85. The Kier molecular flexibility index (Phi) is 6.65. The average molecular weight is 400 g/mol. The van der Waals surface area contributed by atoms with E-state index in [1.54, 1.807) is 12.1 Å². The highest BCUT2D eigenvalue weighted by Gasteiger charge is 2.14. The summed E-state index contributed by atoms with van der Waals surface area (Å²) in [5.41, 5.74) is 1.86. The first-order valence-corrected chi connectivity index (χ1v) is 9.83. The van der Waals surface area contributed by atoms with Crippen LogP contribution in [0.4, 0.5) is 10.1 Å². The van der Waals surface area contributed by atoms with Crippen LogP contribution in [0.25, 0.3) is 0 Å². The Morgan fingerprint density at radius 1 is 1.21 bits per heavy atom. The Hall–Kier alpha value is -2.87. The molecule has 1 amide bonds. The van der Waals surface area contributed by atoms with Crippen molar-refractivity contribution in [1.82, 2.24) is 14.8 Å². The van der Waals surface area contributed by atoms with Crippen molar-refractivity contribution in [3.8, 4) is 5.75 Å². The zero-order valence-electron chi connectivity index (χ0n) is 15.7. The van der Waals surface area contributed by atoms with Crippen LogP contribution in [0.5, 0.6) is 5.75 Å². The molecule has 28 heavy (non-hydrogen) atoms. The second-order valence-electron chi connectivity index (χ2n) is 6.09. The normalized spacial score (nSPS) is 10.7. The van der Waals surface area contributed by atoms with Gasteiger partial charge in [0.15, 0.2) is 11.0 Å². The minimum Gasteiger partial charge on any atom is -0.486 e. The van der Waals surface area contributed by atoms with Crippen LogP contribution >= 0.6 is 11.8 Å². The van der Waals surface area contributed by atoms with Gasteiger partial charge in [0.05, 0.1) is 5.75 Å². The SMILES string of the molecule is CCn1c(COc2ccc(F)cc2)nnc1SCC(=O)Nc1cccc(C)c1. The lowest BCUT2D eigenvalue weighted by Crippen LogP contribution is -2.15. The number of benzene rings is 2. The van der Waals surface area contributed by atoms with Crippen molar-refractivity contribution in [2.24, 2.45) is 0 Å². The van der Waals surface area contributed by atoms with E-state index in [1.807, 2.05) is 42.7 Å². The van der Waals surface area contributed by atoms with Gasteiger partial charge in [-0.1, -0.05) is 23.9 Å². The van der Waals surface area contributed by atoms with Gasteiger partial charge in [0.25, 0.3) is 0 Å². The lowest BCUT2D eigenvalue weighted by Gasteiger charge is -2.09. The molecule has 0 aliphatic rings. The highest BCUT2D eigenvalue weighted by Crippen LogP contribution is 2.19. The van der Waals surface area contributed by atoms with Gasteiger partial charge in [0, 0.05) is 12.2 Å². The first kappa shape index (κ1) is 19.9. The Labute approximate surface area is 167 Å². The third-order valence-electron chi connectivity index (χ3n) is 3.93. The number of nitrogens with one attached hydrogen (secondary N) is 1. The summed E-state index contributed by atoms with van der Waals surface area (Å²) in [6, 6.07) is 13.5. The fourth-order valence-electron chi connectivity index (χ4n) is 2.58. The Morgan fingerprint density at radius 2 is 2.00 bits per heavy atom. The quantitative estimate of drug-likeness (QED) is 0.578. The summed E-state index contributed by atoms with van der Waals surface area (Å²) in [6.45, 7) is 4.81. The molecule has 2 aromatic carbocycles. The van der Waals surface area contributed by atoms with Crippen molar-refractivity contribution < 1.29 is 13.9 Å². The lowest BCUT2D eigenvalue weighted by molar-refractivity contribution is -0.113. The van der Waals surface area contributed by atoms with Crippen molar-refractivity contribution in [2.75, 3.05) is 11.1 Å². The van der Waals surface area contributed by atoms with Gasteiger partial charge in [0.1, 0.15) is 18.2 Å². The molecule has 8 heteroatoms. The highest BCUT2D eigenvalue weighted by molar-refractivity contribution is 7.99. The van der Waals surface area contributed by atoms with Gasteiger partial charge < -0.3 is 14.6 Å². The molecule has 0 bridgehead atoms. The fourth-order valence-corrected chi connectivity index (χ4v) is 3.40. The molecular formula is C20H21FN4O2S. The van der Waals surface area contributed by atoms with E-state index in [2.05, 4.69) is 15.5 Å². The van der Waals surface area contributed by atoms with Crippen LogP contribution in [-0.4, -0.2) is 26.4 Å². The van der Waals surface area contributed by atoms with Crippen LogP contribution in [0.2, 0.25) is 0 Å². The molecule has 0 aliphatic heterocycles. The smallest absolute Gasteiger partial charge is 0.234 e. The second-order valence-corrected chi connectivity index (χ2v) is 7.03. The zero-order valence-corrected chi connectivity index (χ0v) is 16.5. The number of amides is 1. The zero-order chi connectivity index (χ0) is 19.9. The Bertz CT molecular complexity index is 944. The molecule has 146 valence electrons. The Balaban J connectivity index is 1.57. The maximum absolute atomic E-state index is 13.0. The van der Waals surface area contributed by atoms with Crippen LogP contribution in [0, 0.1) is 12.7 Å². The van der Waals surface area contributed by atoms with Crippen LogP contribution in [0.15, 0.2) is 53.7 Å². The molecule has 0 saturated carbocycles. The molecule has 6 nitrogen and oxygen atoms in total. The summed E-state index contributed by atoms with van der Waals surface area (Å²) < 4.78 is 20.5. The van der Waals surface area contributed by atoms with Crippen LogP contribution in [0.1, 0.15) is 18.3 Å². The van der Waals surface area contributed by atoms with Crippen LogP contribution in [-0.2, 0) is 17.9 Å². The van der Waals surface area contributed by atoms with Crippen molar-refractivity contribution in [1.29, 1.82) is 0 Å². The second kappa shape index (κ2) is 9.36. The summed E-state index contributed by atoms with van der Waals surface area (Å²) in [5, 5.41) is 11.8. The monoisotopic (exact) mass is 400 g/mol. The molecule has 0 saturated heterocycles. The summed E-state index contributed by atoms with van der Waals surface area (Å²) in [4.78, 5) is 12.2. The molecular weight excluding hydrogens is 379 g/mol. The topological polar surface area (TPSA) is 69.0 Å². The number of rotatable bonds is 8. The van der Waals surface area contributed by atoms with Gasteiger partial charge in [-0.15, -0.1) is 10.2 Å². The number of aromatic nitrogens is 3. The number of carbonyl (C=O) groups excluding carboxylic acids is 1. The minimum absolute atomic E-state index is 0.106. The highest BCUT2D eigenvalue weighted by atomic mass is 32.2. The van der Waals surface area contributed by atoms with Gasteiger partial charge in [-0.25, -0.2) is 4.39 Å². The van der Waals surface area contributed by atoms with Gasteiger partial charge in [-0.05, 0) is 55.8 Å². The molecule has 1 N–H and O–H groups in total. The number of ether oxygens (including phenoxy) is 1. The standard InChI is InChI=1S/C20H21FN4O2S/c1-3-25-18(12-27-17-9-7-15(21)8-10-17)23-24-20(25)28-13-19(26)22-16-6-4-5-14(2)11-16/h4-11H,3,12-13H2,1-2H3,(H,22,26). The van der Waals surface area contributed by atoms with E-state index in [1.165, 1.54) is 23.9 Å². The third kappa shape index (κ3) is 5.32. The average Bonchev–Trinajstić information content (AvgIpc) is 3.08.